The highest BCUT2D eigenvalue weighted by molar-refractivity contribution is 5.92. The number of hydrogen-bond acceptors (Lipinski definition) is 3. The van der Waals surface area contributed by atoms with E-state index in [0.29, 0.717) is 12.1 Å². The zero-order chi connectivity index (χ0) is 14.4. The maximum atomic E-state index is 11.6. The molecular weight excluding hydrogens is 246 g/mol. The van der Waals surface area contributed by atoms with Gasteiger partial charge in [-0.3, -0.25) is 0 Å². The van der Waals surface area contributed by atoms with Crippen molar-refractivity contribution in [2.24, 2.45) is 0 Å². The highest BCUT2D eigenvalue weighted by Crippen LogP contribution is 2.15. The Morgan fingerprint density at radius 3 is 2.26 bits per heavy atom. The molecule has 0 aliphatic heterocycles. The van der Waals surface area contributed by atoms with Gasteiger partial charge in [-0.05, 0) is 30.7 Å². The topological polar surface area (TPSA) is 81.7 Å². The van der Waals surface area contributed by atoms with Gasteiger partial charge in [0.05, 0.1) is 0 Å². The molecule has 0 saturated carbocycles. The summed E-state index contributed by atoms with van der Waals surface area (Å²) >= 11 is 0. The molecule has 0 radical (unpaired) electrons. The van der Waals surface area contributed by atoms with Crippen molar-refractivity contribution >= 4 is 23.4 Å². The number of carbonyl (C=O) groups excluding carboxylic acids is 1. The van der Waals surface area contributed by atoms with Crippen molar-refractivity contribution in [3.63, 3.8) is 0 Å². The Kier molecular flexibility index (Phi) is 5.17. The molecule has 0 aromatic heterocycles. The van der Waals surface area contributed by atoms with Gasteiger partial charge < -0.3 is 20.6 Å². The second-order valence-electron chi connectivity index (χ2n) is 4.34. The summed E-state index contributed by atoms with van der Waals surface area (Å²) in [6.45, 7) is 1.70. The normalized spacial score (nSPS) is 11.5. The summed E-state index contributed by atoms with van der Waals surface area (Å²) in [5, 5.41) is 13.8. The van der Waals surface area contributed by atoms with Crippen LogP contribution in [0.1, 0.15) is 13.3 Å². The lowest BCUT2D eigenvalue weighted by Crippen LogP contribution is -2.42. The molecule has 1 atom stereocenters. The predicted molar refractivity (Wildman–Crippen MR) is 74.6 cm³/mol. The van der Waals surface area contributed by atoms with Gasteiger partial charge in [-0.25, -0.2) is 9.59 Å². The Morgan fingerprint density at radius 1 is 1.26 bits per heavy atom. The summed E-state index contributed by atoms with van der Waals surface area (Å²) in [5.41, 5.74) is 1.63. The lowest BCUT2D eigenvalue weighted by atomic mass is 10.2. The molecule has 0 spiro atoms. The van der Waals surface area contributed by atoms with Crippen molar-refractivity contribution in [1.29, 1.82) is 0 Å². The number of carboxylic acid groups (broad SMARTS) is 1. The third-order valence-electron chi connectivity index (χ3n) is 2.65. The predicted octanol–water partition coefficient (Wildman–Crippen LogP) is 1.74. The number of benzene rings is 1. The average molecular weight is 265 g/mol. The minimum absolute atomic E-state index is 0.336. The molecule has 0 unspecified atom stereocenters. The minimum atomic E-state index is -1.04. The van der Waals surface area contributed by atoms with Crippen LogP contribution < -0.4 is 15.5 Å². The molecule has 19 heavy (non-hydrogen) atoms. The van der Waals surface area contributed by atoms with Gasteiger partial charge in [-0.1, -0.05) is 6.92 Å². The molecular formula is C13H19N3O3. The first-order chi connectivity index (χ1) is 8.93. The summed E-state index contributed by atoms with van der Waals surface area (Å²) in [6, 6.07) is 5.86. The van der Waals surface area contributed by atoms with E-state index in [-0.39, 0.29) is 0 Å². The van der Waals surface area contributed by atoms with E-state index in [4.69, 9.17) is 5.11 Å². The van der Waals surface area contributed by atoms with Crippen molar-refractivity contribution in [2.45, 2.75) is 19.4 Å². The van der Waals surface area contributed by atoms with Crippen LogP contribution in [0.25, 0.3) is 0 Å². The maximum absolute atomic E-state index is 11.6. The zero-order valence-corrected chi connectivity index (χ0v) is 11.3. The van der Waals surface area contributed by atoms with Crippen LogP contribution in [0, 0.1) is 0 Å². The Bertz CT molecular complexity index is 443. The number of aliphatic carboxylic acids is 1. The summed E-state index contributed by atoms with van der Waals surface area (Å²) in [7, 11) is 3.85. The molecule has 0 aliphatic carbocycles. The number of nitrogens with one attached hydrogen (secondary N) is 2. The lowest BCUT2D eigenvalue weighted by Gasteiger charge is -2.15. The summed E-state index contributed by atoms with van der Waals surface area (Å²) < 4.78 is 0. The van der Waals surface area contributed by atoms with Crippen molar-refractivity contribution < 1.29 is 14.7 Å². The molecule has 0 aliphatic rings. The molecule has 0 saturated heterocycles. The fourth-order valence-corrected chi connectivity index (χ4v) is 1.51. The number of nitrogens with zero attached hydrogens (tertiary/aromatic N) is 1. The van der Waals surface area contributed by atoms with Crippen LogP contribution in [-0.2, 0) is 4.79 Å². The Hall–Kier alpha value is -2.24. The largest absolute Gasteiger partial charge is 0.480 e. The van der Waals surface area contributed by atoms with E-state index in [1.807, 2.05) is 31.1 Å². The van der Waals surface area contributed by atoms with Crippen LogP contribution >= 0.6 is 0 Å². The van der Waals surface area contributed by atoms with Crippen molar-refractivity contribution in [1.82, 2.24) is 5.32 Å². The first kappa shape index (κ1) is 14.8. The smallest absolute Gasteiger partial charge is 0.326 e. The van der Waals surface area contributed by atoms with E-state index in [1.165, 1.54) is 0 Å². The molecule has 1 aromatic rings. The number of urea groups is 1. The van der Waals surface area contributed by atoms with Crippen molar-refractivity contribution in [3.8, 4) is 0 Å². The number of rotatable bonds is 5. The van der Waals surface area contributed by atoms with Gasteiger partial charge in [0.25, 0.3) is 0 Å². The van der Waals surface area contributed by atoms with Gasteiger partial charge in [0.1, 0.15) is 6.04 Å². The van der Waals surface area contributed by atoms with Crippen LogP contribution in [0.4, 0.5) is 16.2 Å². The second-order valence-corrected chi connectivity index (χ2v) is 4.34. The maximum Gasteiger partial charge on any atom is 0.326 e. The van der Waals surface area contributed by atoms with E-state index in [2.05, 4.69) is 10.6 Å². The Morgan fingerprint density at radius 2 is 1.84 bits per heavy atom. The summed E-state index contributed by atoms with van der Waals surface area (Å²) in [4.78, 5) is 24.3. The molecule has 1 aromatic carbocycles. The number of amides is 2. The van der Waals surface area contributed by atoms with Crippen LogP contribution in [-0.4, -0.2) is 37.2 Å². The number of carbonyl (C=O) groups is 2. The molecule has 6 heteroatoms. The zero-order valence-electron chi connectivity index (χ0n) is 11.3. The van der Waals surface area contributed by atoms with Gasteiger partial charge >= 0.3 is 12.0 Å². The van der Waals surface area contributed by atoms with Gasteiger partial charge in [0.2, 0.25) is 0 Å². The van der Waals surface area contributed by atoms with E-state index >= 15 is 0 Å². The average Bonchev–Trinajstić information content (AvgIpc) is 2.36. The van der Waals surface area contributed by atoms with E-state index in [1.54, 1.807) is 19.1 Å². The highest BCUT2D eigenvalue weighted by atomic mass is 16.4. The van der Waals surface area contributed by atoms with Crippen LogP contribution in [0.3, 0.4) is 0 Å². The van der Waals surface area contributed by atoms with Gasteiger partial charge in [-0.2, -0.15) is 0 Å². The molecule has 104 valence electrons. The second kappa shape index (κ2) is 6.63. The van der Waals surface area contributed by atoms with Crippen molar-refractivity contribution in [2.75, 3.05) is 24.3 Å². The summed E-state index contributed by atoms with van der Waals surface area (Å²) in [5.74, 6) is -1.04. The Balaban J connectivity index is 2.59. The van der Waals surface area contributed by atoms with E-state index in [0.717, 1.165) is 5.69 Å². The first-order valence-electron chi connectivity index (χ1n) is 6.01. The monoisotopic (exact) mass is 265 g/mol. The van der Waals surface area contributed by atoms with Gasteiger partial charge in [-0.15, -0.1) is 0 Å². The SMILES string of the molecule is CC[C@H](NC(=O)Nc1ccc(N(C)C)cc1)C(=O)O. The molecule has 3 N–H and O–H groups in total. The highest BCUT2D eigenvalue weighted by Gasteiger charge is 2.17. The third-order valence-corrected chi connectivity index (χ3v) is 2.65. The van der Waals surface area contributed by atoms with Crippen LogP contribution in [0.15, 0.2) is 24.3 Å². The molecule has 6 nitrogen and oxygen atoms in total. The van der Waals surface area contributed by atoms with E-state index < -0.39 is 18.0 Å². The van der Waals surface area contributed by atoms with Gasteiger partial charge in [0, 0.05) is 25.5 Å². The standard InChI is InChI=1S/C13H19N3O3/c1-4-11(12(17)18)15-13(19)14-9-5-7-10(8-6-9)16(2)3/h5-8,11H,4H2,1-3H3,(H,17,18)(H2,14,15,19)/t11-/m0/s1. The first-order valence-corrected chi connectivity index (χ1v) is 6.01. The fraction of sp³-hybridized carbons (Fsp3) is 0.385. The fourth-order valence-electron chi connectivity index (χ4n) is 1.51. The van der Waals surface area contributed by atoms with Crippen LogP contribution in [0.5, 0.6) is 0 Å². The third kappa shape index (κ3) is 4.50. The number of hydrogen-bond donors (Lipinski definition) is 3. The molecule has 0 heterocycles. The quantitative estimate of drug-likeness (QED) is 0.757. The molecule has 1 rings (SSSR count). The van der Waals surface area contributed by atoms with E-state index in [9.17, 15) is 9.59 Å². The molecule has 0 fully saturated rings. The molecule has 2 amide bonds. The number of carboxylic acids is 1. The van der Waals surface area contributed by atoms with Crippen molar-refractivity contribution in [3.05, 3.63) is 24.3 Å². The lowest BCUT2D eigenvalue weighted by molar-refractivity contribution is -0.139. The van der Waals surface area contributed by atoms with Gasteiger partial charge in [0.15, 0.2) is 0 Å². The summed E-state index contributed by atoms with van der Waals surface area (Å²) in [6.07, 6.45) is 0.336. The minimum Gasteiger partial charge on any atom is -0.480 e. The number of anilines is 2. The Labute approximate surface area is 112 Å². The van der Waals surface area contributed by atoms with Crippen LogP contribution in [0.2, 0.25) is 0 Å². The molecule has 0 bridgehead atoms.